The predicted molar refractivity (Wildman–Crippen MR) is 134 cm³/mol. The summed E-state index contributed by atoms with van der Waals surface area (Å²) in [5.74, 6) is 0.0964. The van der Waals surface area contributed by atoms with Gasteiger partial charge in [-0.15, -0.1) is 0 Å². The average Bonchev–Trinajstić information content (AvgIpc) is 3.51. The van der Waals surface area contributed by atoms with E-state index >= 15 is 0 Å². The van der Waals surface area contributed by atoms with Gasteiger partial charge in [-0.3, -0.25) is 4.79 Å². The van der Waals surface area contributed by atoms with Crippen molar-refractivity contribution in [3.8, 4) is 0 Å². The van der Waals surface area contributed by atoms with Crippen LogP contribution in [0.5, 0.6) is 0 Å². The summed E-state index contributed by atoms with van der Waals surface area (Å²) in [5, 5.41) is 3.76. The van der Waals surface area contributed by atoms with Gasteiger partial charge in [-0.05, 0) is 53.4 Å². The molecule has 5 aliphatic rings. The molecule has 0 bridgehead atoms. The van der Waals surface area contributed by atoms with Gasteiger partial charge in [0.2, 0.25) is 0 Å². The lowest BCUT2D eigenvalue weighted by atomic mass is 9.86. The van der Waals surface area contributed by atoms with Crippen LogP contribution in [-0.2, 0) is 23.7 Å². The molecular weight excluding hydrogens is 478 g/mol. The molecule has 37 heavy (non-hydrogen) atoms. The minimum absolute atomic E-state index is 0.0220. The number of carbonyl (C=O) groups excluding carboxylic acids is 3. The van der Waals surface area contributed by atoms with Crippen molar-refractivity contribution in [2.75, 3.05) is 45.9 Å². The van der Waals surface area contributed by atoms with Crippen molar-refractivity contribution in [1.29, 1.82) is 0 Å². The summed E-state index contributed by atoms with van der Waals surface area (Å²) in [6.07, 6.45) is 0.992. The summed E-state index contributed by atoms with van der Waals surface area (Å²) < 4.78 is 23.7. The second-order valence-electron chi connectivity index (χ2n) is 13.6. The molecule has 2 saturated carbocycles. The second kappa shape index (κ2) is 9.09. The van der Waals surface area contributed by atoms with E-state index in [0.717, 1.165) is 6.42 Å². The third-order valence-corrected chi connectivity index (χ3v) is 8.56. The smallest absolute Gasteiger partial charge is 0.410 e. The lowest BCUT2D eigenvalue weighted by molar-refractivity contribution is -0.188. The van der Waals surface area contributed by atoms with E-state index in [-0.39, 0.29) is 41.6 Å². The Kier molecular flexibility index (Phi) is 6.55. The Bertz CT molecular complexity index is 935. The van der Waals surface area contributed by atoms with Crippen molar-refractivity contribution in [3.63, 3.8) is 0 Å². The number of hydrogen-bond donors (Lipinski definition) is 1. The molecule has 0 radical (unpaired) electrons. The molecule has 0 aromatic heterocycles. The molecule has 1 N–H and O–H groups in total. The zero-order chi connectivity index (χ0) is 26.8. The molecule has 1 spiro atoms. The van der Waals surface area contributed by atoms with Crippen molar-refractivity contribution in [2.45, 2.75) is 83.3 Å². The second-order valence-corrected chi connectivity index (χ2v) is 13.6. The topological polar surface area (TPSA) is 107 Å². The highest BCUT2D eigenvalue weighted by Gasteiger charge is 2.62. The normalized spacial score (nSPS) is 34.8. The van der Waals surface area contributed by atoms with E-state index < -0.39 is 22.5 Å². The van der Waals surface area contributed by atoms with Crippen LogP contribution in [-0.4, -0.2) is 96.2 Å². The Morgan fingerprint density at radius 3 is 2.22 bits per heavy atom. The Morgan fingerprint density at radius 1 is 0.973 bits per heavy atom. The molecule has 2 unspecified atom stereocenters. The summed E-state index contributed by atoms with van der Waals surface area (Å²) in [4.78, 5) is 41.7. The number of carbonyl (C=O) groups is 3. The monoisotopic (exact) mass is 521 g/mol. The number of ether oxygens (including phenoxy) is 4. The highest BCUT2D eigenvalue weighted by Crippen LogP contribution is 2.52. The van der Waals surface area contributed by atoms with Crippen LogP contribution in [0.4, 0.5) is 9.59 Å². The molecule has 0 aromatic rings. The summed E-state index contributed by atoms with van der Waals surface area (Å²) in [6, 6.07) is 0. The van der Waals surface area contributed by atoms with Gasteiger partial charge in [0.25, 0.3) is 0 Å². The Hall–Kier alpha value is -1.91. The molecule has 5 atom stereocenters. The molecule has 0 aromatic carbocycles. The van der Waals surface area contributed by atoms with Crippen LogP contribution >= 0.6 is 0 Å². The number of rotatable bonds is 3. The molecule has 10 heteroatoms. The quantitative estimate of drug-likeness (QED) is 0.604. The first kappa shape index (κ1) is 26.7. The number of nitrogens with zero attached hydrogens (tertiary/aromatic N) is 2. The molecule has 10 nitrogen and oxygen atoms in total. The number of fused-ring (bicyclic) bond motifs is 2. The van der Waals surface area contributed by atoms with Crippen molar-refractivity contribution < 1.29 is 33.3 Å². The minimum Gasteiger partial charge on any atom is -0.444 e. The van der Waals surface area contributed by atoms with E-state index in [9.17, 15) is 14.4 Å². The Balaban J connectivity index is 1.30. The van der Waals surface area contributed by atoms with Crippen molar-refractivity contribution in [2.24, 2.45) is 23.7 Å². The van der Waals surface area contributed by atoms with Gasteiger partial charge in [-0.2, -0.15) is 0 Å². The summed E-state index contributed by atoms with van der Waals surface area (Å²) >= 11 is 0. The van der Waals surface area contributed by atoms with Gasteiger partial charge >= 0.3 is 12.2 Å². The molecule has 5 fully saturated rings. The van der Waals surface area contributed by atoms with Crippen LogP contribution in [0.3, 0.4) is 0 Å². The van der Waals surface area contributed by atoms with Gasteiger partial charge < -0.3 is 34.1 Å². The molecule has 3 saturated heterocycles. The summed E-state index contributed by atoms with van der Waals surface area (Å²) in [6.45, 7) is 15.1. The maximum Gasteiger partial charge on any atom is 0.410 e. The fourth-order valence-electron chi connectivity index (χ4n) is 7.17. The first-order valence-electron chi connectivity index (χ1n) is 13.7. The minimum atomic E-state index is -0.666. The fraction of sp³-hybridized carbons (Fsp3) is 0.889. The molecule has 208 valence electrons. The van der Waals surface area contributed by atoms with Crippen LogP contribution in [0.15, 0.2) is 0 Å². The summed E-state index contributed by atoms with van der Waals surface area (Å²) in [5.41, 5.74) is -1.59. The van der Waals surface area contributed by atoms with E-state index in [0.29, 0.717) is 58.8 Å². The zero-order valence-electron chi connectivity index (χ0n) is 23.1. The van der Waals surface area contributed by atoms with E-state index in [4.69, 9.17) is 18.9 Å². The first-order valence-corrected chi connectivity index (χ1v) is 13.7. The van der Waals surface area contributed by atoms with Gasteiger partial charge in [0.1, 0.15) is 17.0 Å². The van der Waals surface area contributed by atoms with Crippen molar-refractivity contribution in [1.82, 2.24) is 15.1 Å². The van der Waals surface area contributed by atoms with Crippen LogP contribution < -0.4 is 5.32 Å². The zero-order valence-corrected chi connectivity index (χ0v) is 23.1. The van der Waals surface area contributed by atoms with Gasteiger partial charge in [0.15, 0.2) is 5.79 Å². The largest absolute Gasteiger partial charge is 0.444 e. The molecular formula is C27H43N3O7. The molecule has 3 heterocycles. The highest BCUT2D eigenvalue weighted by molar-refractivity contribution is 5.84. The van der Waals surface area contributed by atoms with Crippen LogP contribution in [0.2, 0.25) is 0 Å². The molecule has 5 rings (SSSR count). The van der Waals surface area contributed by atoms with E-state index in [1.807, 2.05) is 46.4 Å². The third kappa shape index (κ3) is 5.21. The van der Waals surface area contributed by atoms with Crippen molar-refractivity contribution in [3.05, 3.63) is 0 Å². The molecule has 2 aliphatic carbocycles. The lowest BCUT2D eigenvalue weighted by Gasteiger charge is -2.37. The van der Waals surface area contributed by atoms with Gasteiger partial charge in [-0.25, -0.2) is 9.59 Å². The third-order valence-electron chi connectivity index (χ3n) is 8.56. The highest BCUT2D eigenvalue weighted by atomic mass is 16.7. The van der Waals surface area contributed by atoms with Crippen LogP contribution in [0.25, 0.3) is 0 Å². The lowest BCUT2D eigenvalue weighted by Crippen LogP contribution is -2.55. The van der Waals surface area contributed by atoms with E-state index in [1.165, 1.54) is 0 Å². The van der Waals surface area contributed by atoms with Crippen LogP contribution in [0.1, 0.15) is 60.8 Å². The number of ketones is 1. The SMILES string of the molecule is CC(C)(C)OC(=O)N1C[C@@H]2CC3(OCCO3)C(CNC34CC(=O)C[C@@H]3CN(C(=O)OC(C)(C)C)C4)[C@@H]2C1. The maximum atomic E-state index is 12.8. The Morgan fingerprint density at radius 2 is 1.59 bits per heavy atom. The first-order chi connectivity index (χ1) is 17.2. The predicted octanol–water partition coefficient (Wildman–Crippen LogP) is 2.79. The van der Waals surface area contributed by atoms with Crippen LogP contribution in [0, 0.1) is 23.7 Å². The number of likely N-dealkylation sites (tertiary alicyclic amines) is 2. The average molecular weight is 522 g/mol. The standard InChI is InChI=1S/C27H43N3O7/c1-24(2,3)36-22(32)29-13-17-10-27(34-7-8-35-27)21(20(17)15-29)12-28-26-11-19(31)9-18(26)14-30(16-26)23(33)37-25(4,5)6/h17-18,20-21,28H,7-16H2,1-6H3/t17-,18+,20+,21?,26?/m0/s1. The fourth-order valence-corrected chi connectivity index (χ4v) is 7.17. The number of nitrogens with one attached hydrogen (secondary N) is 1. The van der Waals surface area contributed by atoms with E-state index in [1.54, 1.807) is 4.90 Å². The number of hydrogen-bond acceptors (Lipinski definition) is 8. The van der Waals surface area contributed by atoms with Gasteiger partial charge in [0.05, 0.1) is 13.2 Å². The number of Topliss-reactive ketones (excluding diaryl/α,β-unsaturated/α-hetero) is 1. The number of amides is 2. The van der Waals surface area contributed by atoms with Crippen molar-refractivity contribution >= 4 is 18.0 Å². The molecule has 2 amide bonds. The molecule has 3 aliphatic heterocycles. The van der Waals surface area contributed by atoms with Gasteiger partial charge in [-0.1, -0.05) is 0 Å². The summed E-state index contributed by atoms with van der Waals surface area (Å²) in [7, 11) is 0. The Labute approximate surface area is 219 Å². The van der Waals surface area contributed by atoms with E-state index in [2.05, 4.69) is 5.32 Å². The van der Waals surface area contributed by atoms with Gasteiger partial charge in [0, 0.05) is 69.4 Å². The maximum absolute atomic E-state index is 12.8.